The Morgan fingerprint density at radius 3 is 2.76 bits per heavy atom. The normalized spacial score (nSPS) is 10.5. The standard InChI is InChI=1S/C19H18N2O4/c1-3-23-17-10-14(11-22)7-8-16(17)24-12-18-20-19(21-25-18)15-6-4-5-13(2)9-15/h4-11H,3,12H2,1-2H3. The molecule has 0 amide bonds. The first-order valence-electron chi connectivity index (χ1n) is 7.94. The first kappa shape index (κ1) is 16.7. The van der Waals surface area contributed by atoms with E-state index in [9.17, 15) is 4.79 Å². The number of ether oxygens (including phenoxy) is 2. The molecule has 6 heteroatoms. The van der Waals surface area contributed by atoms with Crippen molar-refractivity contribution in [3.63, 3.8) is 0 Å². The lowest BCUT2D eigenvalue weighted by Crippen LogP contribution is -2.00. The van der Waals surface area contributed by atoms with Gasteiger partial charge in [0.25, 0.3) is 5.89 Å². The fourth-order valence-corrected chi connectivity index (χ4v) is 2.34. The molecule has 2 aromatic carbocycles. The van der Waals surface area contributed by atoms with Crippen LogP contribution in [0, 0.1) is 6.92 Å². The SMILES string of the molecule is CCOc1cc(C=O)ccc1OCc1nc(-c2cccc(C)c2)no1. The Morgan fingerprint density at radius 2 is 2.00 bits per heavy atom. The zero-order valence-corrected chi connectivity index (χ0v) is 14.1. The number of rotatable bonds is 7. The van der Waals surface area contributed by atoms with Crippen LogP contribution in [0.2, 0.25) is 0 Å². The quantitative estimate of drug-likeness (QED) is 0.609. The Morgan fingerprint density at radius 1 is 1.12 bits per heavy atom. The van der Waals surface area contributed by atoms with Crippen LogP contribution >= 0.6 is 0 Å². The third-order valence-electron chi connectivity index (χ3n) is 3.50. The molecule has 0 aliphatic heterocycles. The molecule has 6 nitrogen and oxygen atoms in total. The van der Waals surface area contributed by atoms with Crippen molar-refractivity contribution in [2.75, 3.05) is 6.61 Å². The van der Waals surface area contributed by atoms with Crippen molar-refractivity contribution in [2.24, 2.45) is 0 Å². The van der Waals surface area contributed by atoms with E-state index < -0.39 is 0 Å². The van der Waals surface area contributed by atoms with Gasteiger partial charge in [-0.15, -0.1) is 0 Å². The van der Waals surface area contributed by atoms with E-state index in [4.69, 9.17) is 14.0 Å². The number of aromatic nitrogens is 2. The number of carbonyl (C=O) groups is 1. The molecule has 1 heterocycles. The Hall–Kier alpha value is -3.15. The minimum Gasteiger partial charge on any atom is -0.490 e. The van der Waals surface area contributed by atoms with Crippen molar-refractivity contribution in [3.05, 3.63) is 59.5 Å². The van der Waals surface area contributed by atoms with E-state index in [-0.39, 0.29) is 6.61 Å². The highest BCUT2D eigenvalue weighted by Gasteiger charge is 2.12. The van der Waals surface area contributed by atoms with Crippen molar-refractivity contribution >= 4 is 6.29 Å². The van der Waals surface area contributed by atoms with Crippen LogP contribution in [0.25, 0.3) is 11.4 Å². The number of benzene rings is 2. The van der Waals surface area contributed by atoms with Crippen molar-refractivity contribution in [3.8, 4) is 22.9 Å². The van der Waals surface area contributed by atoms with Crippen LogP contribution in [-0.4, -0.2) is 23.0 Å². The van der Waals surface area contributed by atoms with E-state index in [2.05, 4.69) is 10.1 Å². The number of carbonyl (C=O) groups excluding carboxylic acids is 1. The van der Waals surface area contributed by atoms with Crippen molar-refractivity contribution in [2.45, 2.75) is 20.5 Å². The number of nitrogens with zero attached hydrogens (tertiary/aromatic N) is 2. The molecule has 0 unspecified atom stereocenters. The maximum absolute atomic E-state index is 10.9. The zero-order valence-electron chi connectivity index (χ0n) is 14.1. The third kappa shape index (κ3) is 4.03. The van der Waals surface area contributed by atoms with Gasteiger partial charge in [-0.25, -0.2) is 0 Å². The molecule has 0 aliphatic carbocycles. The maximum Gasteiger partial charge on any atom is 0.264 e. The van der Waals surface area contributed by atoms with E-state index in [0.29, 0.717) is 35.4 Å². The predicted molar refractivity (Wildman–Crippen MR) is 91.8 cm³/mol. The molecule has 0 fully saturated rings. The van der Waals surface area contributed by atoms with Gasteiger partial charge in [-0.3, -0.25) is 4.79 Å². The van der Waals surface area contributed by atoms with Crippen LogP contribution in [0.5, 0.6) is 11.5 Å². The first-order chi connectivity index (χ1) is 12.2. The minimum atomic E-state index is 0.110. The van der Waals surface area contributed by atoms with E-state index in [1.807, 2.05) is 38.1 Å². The molecule has 0 bridgehead atoms. The fraction of sp³-hybridized carbons (Fsp3) is 0.211. The third-order valence-corrected chi connectivity index (χ3v) is 3.50. The topological polar surface area (TPSA) is 74.5 Å². The smallest absolute Gasteiger partial charge is 0.264 e. The Bertz CT molecular complexity index is 873. The lowest BCUT2D eigenvalue weighted by Gasteiger charge is -2.10. The first-order valence-corrected chi connectivity index (χ1v) is 7.94. The zero-order chi connectivity index (χ0) is 17.6. The van der Waals surface area contributed by atoms with Crippen LogP contribution in [-0.2, 0) is 6.61 Å². The van der Waals surface area contributed by atoms with Crippen LogP contribution in [0.3, 0.4) is 0 Å². The molecule has 0 saturated carbocycles. The molecule has 25 heavy (non-hydrogen) atoms. The van der Waals surface area contributed by atoms with Gasteiger partial charge in [0, 0.05) is 11.1 Å². The largest absolute Gasteiger partial charge is 0.490 e. The summed E-state index contributed by atoms with van der Waals surface area (Å²) in [6.07, 6.45) is 0.762. The average Bonchev–Trinajstić information content (AvgIpc) is 3.10. The number of hydrogen-bond acceptors (Lipinski definition) is 6. The highest BCUT2D eigenvalue weighted by Crippen LogP contribution is 2.29. The molecule has 0 atom stereocenters. The summed E-state index contributed by atoms with van der Waals surface area (Å²) < 4.78 is 16.5. The molecule has 1 aromatic heterocycles. The fourth-order valence-electron chi connectivity index (χ4n) is 2.34. The van der Waals surface area contributed by atoms with E-state index >= 15 is 0 Å². The predicted octanol–water partition coefficient (Wildman–Crippen LogP) is 3.84. The van der Waals surface area contributed by atoms with Gasteiger partial charge in [-0.05, 0) is 38.1 Å². The number of hydrogen-bond donors (Lipinski definition) is 0. The second-order valence-corrected chi connectivity index (χ2v) is 5.43. The number of aryl methyl sites for hydroxylation is 1. The molecule has 128 valence electrons. The summed E-state index contributed by atoms with van der Waals surface area (Å²) in [5.74, 6) is 1.90. The molecule has 3 aromatic rings. The Labute approximate surface area is 145 Å². The van der Waals surface area contributed by atoms with Gasteiger partial charge >= 0.3 is 0 Å². The van der Waals surface area contributed by atoms with Crippen molar-refractivity contribution in [1.29, 1.82) is 0 Å². The molecule has 3 rings (SSSR count). The lowest BCUT2D eigenvalue weighted by atomic mass is 10.1. The molecule has 0 saturated heterocycles. The minimum absolute atomic E-state index is 0.110. The Kier molecular flexibility index (Phi) is 5.09. The van der Waals surface area contributed by atoms with Crippen LogP contribution in [0.4, 0.5) is 0 Å². The summed E-state index contributed by atoms with van der Waals surface area (Å²) >= 11 is 0. The van der Waals surface area contributed by atoms with Gasteiger partial charge in [-0.1, -0.05) is 28.9 Å². The second-order valence-electron chi connectivity index (χ2n) is 5.43. The summed E-state index contributed by atoms with van der Waals surface area (Å²) in [5.41, 5.74) is 2.53. The molecular weight excluding hydrogens is 320 g/mol. The monoisotopic (exact) mass is 338 g/mol. The van der Waals surface area contributed by atoms with Gasteiger partial charge in [0.05, 0.1) is 6.61 Å². The Balaban J connectivity index is 1.73. The van der Waals surface area contributed by atoms with Gasteiger partial charge in [0.1, 0.15) is 6.29 Å². The van der Waals surface area contributed by atoms with Crippen LogP contribution in [0.15, 0.2) is 47.0 Å². The van der Waals surface area contributed by atoms with Crippen LogP contribution in [0.1, 0.15) is 28.7 Å². The lowest BCUT2D eigenvalue weighted by molar-refractivity contribution is 0.112. The maximum atomic E-state index is 10.9. The summed E-state index contributed by atoms with van der Waals surface area (Å²) in [6.45, 7) is 4.45. The van der Waals surface area contributed by atoms with Crippen LogP contribution < -0.4 is 9.47 Å². The highest BCUT2D eigenvalue weighted by molar-refractivity contribution is 5.76. The second kappa shape index (κ2) is 7.61. The van der Waals surface area contributed by atoms with Gasteiger partial charge < -0.3 is 14.0 Å². The summed E-state index contributed by atoms with van der Waals surface area (Å²) in [4.78, 5) is 15.2. The highest BCUT2D eigenvalue weighted by atomic mass is 16.5. The van der Waals surface area contributed by atoms with E-state index in [1.165, 1.54) is 0 Å². The summed E-state index contributed by atoms with van der Waals surface area (Å²) in [5, 5.41) is 3.98. The van der Waals surface area contributed by atoms with Gasteiger partial charge in [0.15, 0.2) is 18.1 Å². The van der Waals surface area contributed by atoms with E-state index in [0.717, 1.165) is 17.4 Å². The number of aldehydes is 1. The molecular formula is C19H18N2O4. The molecule has 0 radical (unpaired) electrons. The van der Waals surface area contributed by atoms with Crippen molar-refractivity contribution < 1.29 is 18.8 Å². The van der Waals surface area contributed by atoms with E-state index in [1.54, 1.807) is 18.2 Å². The van der Waals surface area contributed by atoms with Gasteiger partial charge in [0.2, 0.25) is 5.82 Å². The average molecular weight is 338 g/mol. The molecule has 0 spiro atoms. The summed E-state index contributed by atoms with van der Waals surface area (Å²) in [6, 6.07) is 12.8. The summed E-state index contributed by atoms with van der Waals surface area (Å²) in [7, 11) is 0. The van der Waals surface area contributed by atoms with Gasteiger partial charge in [-0.2, -0.15) is 4.98 Å². The molecule has 0 N–H and O–H groups in total. The van der Waals surface area contributed by atoms with Crippen molar-refractivity contribution in [1.82, 2.24) is 10.1 Å². The molecule has 0 aliphatic rings.